The van der Waals surface area contributed by atoms with Crippen molar-refractivity contribution in [3.05, 3.63) is 29.8 Å². The minimum atomic E-state index is -0.768. The Morgan fingerprint density at radius 2 is 1.69 bits per heavy atom. The van der Waals surface area contributed by atoms with E-state index in [4.69, 9.17) is 23.7 Å². The highest BCUT2D eigenvalue weighted by Gasteiger charge is 2.67. The summed E-state index contributed by atoms with van der Waals surface area (Å²) in [6, 6.07) is 8.62. The Kier molecular flexibility index (Phi) is 7.93. The van der Waals surface area contributed by atoms with Crippen LogP contribution in [0.5, 0.6) is 5.75 Å². The Morgan fingerprint density at radius 3 is 2.43 bits per heavy atom. The van der Waals surface area contributed by atoms with Crippen LogP contribution in [0.2, 0.25) is 0 Å². The molecule has 7 nitrogen and oxygen atoms in total. The monoisotopic (exact) mass is 584 g/mol. The van der Waals surface area contributed by atoms with Crippen molar-refractivity contribution in [2.45, 2.75) is 120 Å². The van der Waals surface area contributed by atoms with E-state index in [1.807, 2.05) is 0 Å². The molecule has 2 heterocycles. The highest BCUT2D eigenvalue weighted by molar-refractivity contribution is 5.32. The molecule has 7 rings (SSSR count). The average Bonchev–Trinajstić information content (AvgIpc) is 3.56. The molecular formula is C35H52O7. The molecule has 42 heavy (non-hydrogen) atoms. The zero-order chi connectivity index (χ0) is 29.0. The topological polar surface area (TPSA) is 86.6 Å². The third-order valence-corrected chi connectivity index (χ3v) is 12.9. The summed E-state index contributed by atoms with van der Waals surface area (Å²) in [5.74, 6) is 2.08. The highest BCUT2D eigenvalue weighted by Crippen LogP contribution is 2.70. The van der Waals surface area contributed by atoms with Crippen LogP contribution in [0.25, 0.3) is 0 Å². The van der Waals surface area contributed by atoms with Crippen molar-refractivity contribution in [1.82, 2.24) is 0 Å². The van der Waals surface area contributed by atoms with E-state index in [1.54, 1.807) is 7.11 Å². The van der Waals surface area contributed by atoms with Gasteiger partial charge < -0.3 is 33.9 Å². The lowest BCUT2D eigenvalue weighted by atomic mass is 9.44. The van der Waals surface area contributed by atoms with E-state index in [9.17, 15) is 10.2 Å². The third-order valence-electron chi connectivity index (χ3n) is 12.9. The molecule has 0 radical (unpaired) electrons. The Balaban J connectivity index is 1.15. The first kappa shape index (κ1) is 29.5. The van der Waals surface area contributed by atoms with Crippen molar-refractivity contribution in [3.8, 4) is 5.75 Å². The smallest absolute Gasteiger partial charge is 0.171 e. The number of ether oxygens (including phenoxy) is 5. The van der Waals surface area contributed by atoms with Crippen LogP contribution in [0, 0.1) is 29.1 Å². The molecule has 9 atom stereocenters. The molecule has 0 amide bonds. The van der Waals surface area contributed by atoms with Gasteiger partial charge in [0.1, 0.15) is 5.75 Å². The van der Waals surface area contributed by atoms with Crippen LogP contribution in [0.15, 0.2) is 24.3 Å². The van der Waals surface area contributed by atoms with E-state index in [0.29, 0.717) is 44.0 Å². The average molecular weight is 585 g/mol. The van der Waals surface area contributed by atoms with Crippen molar-refractivity contribution < 1.29 is 33.9 Å². The second kappa shape index (κ2) is 11.3. The van der Waals surface area contributed by atoms with E-state index in [1.165, 1.54) is 12.0 Å². The highest BCUT2D eigenvalue weighted by atomic mass is 16.7. The van der Waals surface area contributed by atoms with Crippen LogP contribution >= 0.6 is 0 Å². The summed E-state index contributed by atoms with van der Waals surface area (Å²) >= 11 is 0. The van der Waals surface area contributed by atoms with E-state index < -0.39 is 17.0 Å². The number of hydrogen-bond acceptors (Lipinski definition) is 7. The van der Waals surface area contributed by atoms with Gasteiger partial charge in [0.15, 0.2) is 12.1 Å². The van der Waals surface area contributed by atoms with Gasteiger partial charge in [-0.05, 0) is 123 Å². The molecule has 6 aliphatic rings. The maximum absolute atomic E-state index is 12.5. The summed E-state index contributed by atoms with van der Waals surface area (Å²) in [7, 11) is 1.71. The van der Waals surface area contributed by atoms with Crippen molar-refractivity contribution >= 4 is 0 Å². The van der Waals surface area contributed by atoms with Gasteiger partial charge in [0.2, 0.25) is 0 Å². The minimum Gasteiger partial charge on any atom is -0.497 e. The van der Waals surface area contributed by atoms with E-state index in [-0.39, 0.29) is 23.5 Å². The Labute approximate surface area is 251 Å². The van der Waals surface area contributed by atoms with Gasteiger partial charge in [-0.3, -0.25) is 0 Å². The van der Waals surface area contributed by atoms with Crippen LogP contribution in [0.1, 0.15) is 102 Å². The number of fused-ring (bicyclic) bond motifs is 5. The summed E-state index contributed by atoms with van der Waals surface area (Å²) in [6.07, 6.45) is 11.8. The van der Waals surface area contributed by atoms with E-state index >= 15 is 0 Å². The minimum absolute atomic E-state index is 0.0779. The maximum Gasteiger partial charge on any atom is 0.171 e. The summed E-state index contributed by atoms with van der Waals surface area (Å²) in [4.78, 5) is 0. The second-order valence-electron chi connectivity index (χ2n) is 14.8. The van der Waals surface area contributed by atoms with Gasteiger partial charge in [0.25, 0.3) is 0 Å². The molecule has 2 N–H and O–H groups in total. The molecule has 2 saturated heterocycles. The van der Waals surface area contributed by atoms with Crippen LogP contribution < -0.4 is 4.74 Å². The van der Waals surface area contributed by atoms with Crippen molar-refractivity contribution in [2.75, 3.05) is 33.5 Å². The van der Waals surface area contributed by atoms with Crippen LogP contribution in [0.3, 0.4) is 0 Å². The lowest BCUT2D eigenvalue weighted by Gasteiger charge is -2.63. The first-order valence-corrected chi connectivity index (χ1v) is 16.9. The lowest BCUT2D eigenvalue weighted by Crippen LogP contribution is -2.62. The van der Waals surface area contributed by atoms with Gasteiger partial charge in [-0.15, -0.1) is 0 Å². The van der Waals surface area contributed by atoms with Gasteiger partial charge in [0.05, 0.1) is 31.5 Å². The van der Waals surface area contributed by atoms with Crippen molar-refractivity contribution in [3.63, 3.8) is 0 Å². The Bertz CT molecular complexity index is 1080. The second-order valence-corrected chi connectivity index (χ2v) is 14.8. The van der Waals surface area contributed by atoms with Gasteiger partial charge in [-0.25, -0.2) is 0 Å². The summed E-state index contributed by atoms with van der Waals surface area (Å²) < 4.78 is 29.6. The fourth-order valence-corrected chi connectivity index (χ4v) is 10.8. The van der Waals surface area contributed by atoms with Crippen LogP contribution in [-0.4, -0.2) is 67.0 Å². The Morgan fingerprint density at radius 1 is 0.905 bits per heavy atom. The number of rotatable bonds is 7. The number of methoxy groups -OCH3 is 1. The first-order valence-electron chi connectivity index (χ1n) is 16.9. The molecule has 2 unspecified atom stereocenters. The molecule has 0 aromatic heterocycles. The predicted molar refractivity (Wildman–Crippen MR) is 158 cm³/mol. The summed E-state index contributed by atoms with van der Waals surface area (Å²) in [5.41, 5.74) is -0.339. The molecule has 4 saturated carbocycles. The van der Waals surface area contributed by atoms with E-state index in [2.05, 4.69) is 31.2 Å². The van der Waals surface area contributed by atoms with Gasteiger partial charge in [-0.2, -0.15) is 0 Å². The van der Waals surface area contributed by atoms with Crippen LogP contribution in [0.4, 0.5) is 0 Å². The molecule has 4 aliphatic carbocycles. The van der Waals surface area contributed by atoms with Gasteiger partial charge in [0, 0.05) is 26.1 Å². The quantitative estimate of drug-likeness (QED) is 0.383. The largest absolute Gasteiger partial charge is 0.497 e. The molecule has 1 aromatic carbocycles. The standard InChI is InChI=1S/C35H52O7/c1-32-22-27(24-7-9-25(38-2)10-8-24)31-26(11-15-33(36)23-35(17-13-29(31)33)41-20-21-42-35)28(32)12-16-34(32,37)14-5-19-40-30-6-3-4-18-39-30/h7-10,26-31,36-37H,3-6,11-23H2,1-2H3/t26-,27+,28+,29+,30?,31+,32-,33?,34+/m0/s1. The molecule has 7 heteroatoms. The molecular weight excluding hydrogens is 532 g/mol. The van der Waals surface area contributed by atoms with Crippen molar-refractivity contribution in [1.29, 1.82) is 0 Å². The summed E-state index contributed by atoms with van der Waals surface area (Å²) in [6.45, 7) is 5.07. The number of aliphatic hydroxyl groups is 2. The first-order chi connectivity index (χ1) is 20.3. The normalized spacial score (nSPS) is 44.4. The summed E-state index contributed by atoms with van der Waals surface area (Å²) in [5, 5.41) is 24.8. The molecule has 1 aromatic rings. The fourth-order valence-electron chi connectivity index (χ4n) is 10.8. The predicted octanol–water partition coefficient (Wildman–Crippen LogP) is 5.95. The van der Waals surface area contributed by atoms with E-state index in [0.717, 1.165) is 83.0 Å². The molecule has 1 spiro atoms. The zero-order valence-electron chi connectivity index (χ0n) is 25.7. The zero-order valence-corrected chi connectivity index (χ0v) is 25.7. The number of benzene rings is 1. The third kappa shape index (κ3) is 4.95. The van der Waals surface area contributed by atoms with Gasteiger partial charge in [-0.1, -0.05) is 19.1 Å². The fraction of sp³-hybridized carbons (Fsp3) is 0.829. The molecule has 6 fully saturated rings. The molecule has 0 bridgehead atoms. The van der Waals surface area contributed by atoms with Gasteiger partial charge >= 0.3 is 0 Å². The Hall–Kier alpha value is -1.22. The lowest BCUT2D eigenvalue weighted by molar-refractivity contribution is -0.260. The molecule has 2 aliphatic heterocycles. The number of hydrogen-bond donors (Lipinski definition) is 2. The van der Waals surface area contributed by atoms with Crippen molar-refractivity contribution in [2.24, 2.45) is 29.1 Å². The SMILES string of the molecule is COc1ccc([C@H]2C[C@@]3(C)[C@H](CC[C@]3(O)CCCOC3CCCCO3)[C@@H]3CCC4(O)CC5(CC[C@@H]4[C@H]32)OCCO5)cc1. The van der Waals surface area contributed by atoms with Crippen LogP contribution in [-0.2, 0) is 18.9 Å². The molecule has 234 valence electrons. The maximum atomic E-state index is 12.5.